The first-order valence-corrected chi connectivity index (χ1v) is 6.05. The van der Waals surface area contributed by atoms with E-state index >= 15 is 0 Å². The second kappa shape index (κ2) is 6.31. The van der Waals surface area contributed by atoms with Gasteiger partial charge in [0, 0.05) is 19.2 Å². The molecule has 0 fully saturated rings. The molecule has 0 saturated carbocycles. The number of unbranched alkanes of at least 4 members (excludes halogenated alkanes) is 1. The van der Waals surface area contributed by atoms with Gasteiger partial charge in [-0.25, -0.2) is 0 Å². The predicted octanol–water partition coefficient (Wildman–Crippen LogP) is 3.40. The van der Waals surface area contributed by atoms with Gasteiger partial charge in [-0.15, -0.1) is 0 Å². The number of rotatable bonds is 1. The van der Waals surface area contributed by atoms with Gasteiger partial charge in [0.05, 0.1) is 0 Å². The number of nitrogens with zero attached hydrogens (tertiary/aromatic N) is 1. The SMILES string of the molecule is CCCC.CN1C(=O)CCc2ccccc21. The van der Waals surface area contributed by atoms with Crippen LogP contribution in [0.25, 0.3) is 0 Å². The standard InChI is InChI=1S/C10H11NO.C4H10/c1-11-9-5-3-2-4-8(9)6-7-10(11)12;1-3-4-2/h2-5H,6-7H2,1H3;3-4H2,1-2H3. The molecule has 0 N–H and O–H groups in total. The van der Waals surface area contributed by atoms with Crippen LogP contribution in [-0.4, -0.2) is 13.0 Å². The second-order valence-electron chi connectivity index (χ2n) is 4.08. The Kier molecular flexibility index (Phi) is 5.03. The fraction of sp³-hybridized carbons (Fsp3) is 0.500. The molecule has 2 heteroatoms. The quantitative estimate of drug-likeness (QED) is 0.709. The largest absolute Gasteiger partial charge is 0.315 e. The Hall–Kier alpha value is -1.31. The van der Waals surface area contributed by atoms with Crippen LogP contribution in [0.4, 0.5) is 5.69 Å². The molecule has 0 unspecified atom stereocenters. The minimum Gasteiger partial charge on any atom is -0.315 e. The smallest absolute Gasteiger partial charge is 0.227 e. The molecule has 1 aromatic carbocycles. The minimum atomic E-state index is 0.216. The predicted molar refractivity (Wildman–Crippen MR) is 68.8 cm³/mol. The lowest BCUT2D eigenvalue weighted by Crippen LogP contribution is -2.30. The Morgan fingerprint density at radius 2 is 1.75 bits per heavy atom. The number of anilines is 1. The van der Waals surface area contributed by atoms with Gasteiger partial charge >= 0.3 is 0 Å². The van der Waals surface area contributed by atoms with Gasteiger partial charge in [0.1, 0.15) is 0 Å². The van der Waals surface area contributed by atoms with Gasteiger partial charge in [-0.05, 0) is 18.1 Å². The average Bonchev–Trinajstić information content (AvgIpc) is 2.35. The van der Waals surface area contributed by atoms with E-state index in [0.717, 1.165) is 12.1 Å². The highest BCUT2D eigenvalue weighted by Crippen LogP contribution is 2.25. The molecule has 0 aromatic heterocycles. The molecule has 2 nitrogen and oxygen atoms in total. The topological polar surface area (TPSA) is 20.3 Å². The molecule has 0 atom stereocenters. The van der Waals surface area contributed by atoms with Crippen molar-refractivity contribution in [2.75, 3.05) is 11.9 Å². The summed E-state index contributed by atoms with van der Waals surface area (Å²) in [5.74, 6) is 0.216. The molecule has 1 amide bonds. The van der Waals surface area contributed by atoms with Gasteiger partial charge in [-0.2, -0.15) is 0 Å². The Morgan fingerprint density at radius 1 is 1.12 bits per heavy atom. The zero-order chi connectivity index (χ0) is 12.0. The number of aryl methyl sites for hydroxylation is 1. The third-order valence-electron chi connectivity index (χ3n) is 2.84. The summed E-state index contributed by atoms with van der Waals surface area (Å²) in [6, 6.07) is 8.06. The Balaban J connectivity index is 0.000000280. The molecule has 1 heterocycles. The highest BCUT2D eigenvalue weighted by Gasteiger charge is 2.19. The third kappa shape index (κ3) is 3.09. The highest BCUT2D eigenvalue weighted by atomic mass is 16.2. The van der Waals surface area contributed by atoms with E-state index in [9.17, 15) is 4.79 Å². The zero-order valence-corrected chi connectivity index (χ0v) is 10.5. The van der Waals surface area contributed by atoms with Crippen LogP contribution in [0.5, 0.6) is 0 Å². The van der Waals surface area contributed by atoms with Gasteiger partial charge < -0.3 is 4.90 Å². The molecular formula is C14H21NO. The van der Waals surface area contributed by atoms with Crippen molar-refractivity contribution in [2.45, 2.75) is 39.5 Å². The van der Waals surface area contributed by atoms with Crippen molar-refractivity contribution >= 4 is 11.6 Å². The fourth-order valence-electron chi connectivity index (χ4n) is 1.59. The highest BCUT2D eigenvalue weighted by molar-refractivity contribution is 5.95. The van der Waals surface area contributed by atoms with Crippen molar-refractivity contribution < 1.29 is 4.79 Å². The van der Waals surface area contributed by atoms with Gasteiger partial charge in [-0.1, -0.05) is 44.9 Å². The summed E-state index contributed by atoms with van der Waals surface area (Å²) in [7, 11) is 1.83. The summed E-state index contributed by atoms with van der Waals surface area (Å²) in [6.07, 6.45) is 4.17. The van der Waals surface area contributed by atoms with Crippen molar-refractivity contribution in [3.63, 3.8) is 0 Å². The summed E-state index contributed by atoms with van der Waals surface area (Å²) in [5.41, 5.74) is 2.34. The first-order valence-electron chi connectivity index (χ1n) is 6.05. The average molecular weight is 219 g/mol. The van der Waals surface area contributed by atoms with E-state index in [4.69, 9.17) is 0 Å². The number of hydrogen-bond donors (Lipinski definition) is 0. The Bertz CT molecular complexity index is 344. The van der Waals surface area contributed by atoms with Gasteiger partial charge in [0.2, 0.25) is 5.91 Å². The van der Waals surface area contributed by atoms with Crippen LogP contribution in [0.15, 0.2) is 24.3 Å². The molecule has 1 aliphatic heterocycles. The first kappa shape index (κ1) is 12.8. The van der Waals surface area contributed by atoms with Gasteiger partial charge in [0.25, 0.3) is 0 Å². The summed E-state index contributed by atoms with van der Waals surface area (Å²) < 4.78 is 0. The second-order valence-corrected chi connectivity index (χ2v) is 4.08. The monoisotopic (exact) mass is 219 g/mol. The molecule has 2 rings (SSSR count). The van der Waals surface area contributed by atoms with Crippen molar-refractivity contribution in [1.82, 2.24) is 0 Å². The van der Waals surface area contributed by atoms with E-state index in [1.54, 1.807) is 4.90 Å². The molecular weight excluding hydrogens is 198 g/mol. The molecule has 16 heavy (non-hydrogen) atoms. The number of benzene rings is 1. The normalized spacial score (nSPS) is 13.9. The van der Waals surface area contributed by atoms with Crippen LogP contribution >= 0.6 is 0 Å². The Morgan fingerprint density at radius 3 is 2.38 bits per heavy atom. The number of para-hydroxylation sites is 1. The summed E-state index contributed by atoms with van der Waals surface area (Å²) in [4.78, 5) is 13.0. The van der Waals surface area contributed by atoms with Gasteiger partial charge in [-0.3, -0.25) is 4.79 Å². The summed E-state index contributed by atoms with van der Waals surface area (Å²) >= 11 is 0. The maximum absolute atomic E-state index is 11.3. The number of amides is 1. The lowest BCUT2D eigenvalue weighted by molar-refractivity contribution is -0.118. The maximum Gasteiger partial charge on any atom is 0.227 e. The van der Waals surface area contributed by atoms with Crippen LogP contribution in [-0.2, 0) is 11.2 Å². The van der Waals surface area contributed by atoms with Gasteiger partial charge in [0.15, 0.2) is 0 Å². The van der Waals surface area contributed by atoms with E-state index in [2.05, 4.69) is 19.9 Å². The van der Waals surface area contributed by atoms with Crippen LogP contribution in [0, 0.1) is 0 Å². The summed E-state index contributed by atoms with van der Waals surface area (Å²) in [5, 5.41) is 0. The molecule has 88 valence electrons. The zero-order valence-electron chi connectivity index (χ0n) is 10.5. The van der Waals surface area contributed by atoms with Crippen LogP contribution in [0.1, 0.15) is 38.7 Å². The number of fused-ring (bicyclic) bond motifs is 1. The molecule has 0 bridgehead atoms. The van der Waals surface area contributed by atoms with Crippen molar-refractivity contribution in [1.29, 1.82) is 0 Å². The van der Waals surface area contributed by atoms with E-state index < -0.39 is 0 Å². The Labute approximate surface area is 98.3 Å². The first-order chi connectivity index (χ1) is 7.70. The molecule has 1 aliphatic rings. The molecule has 0 spiro atoms. The van der Waals surface area contributed by atoms with Crippen molar-refractivity contribution in [2.24, 2.45) is 0 Å². The number of hydrogen-bond acceptors (Lipinski definition) is 1. The summed E-state index contributed by atoms with van der Waals surface area (Å²) in [6.45, 7) is 4.36. The molecule has 0 saturated heterocycles. The van der Waals surface area contributed by atoms with Crippen LogP contribution in [0.2, 0.25) is 0 Å². The minimum absolute atomic E-state index is 0.216. The van der Waals surface area contributed by atoms with E-state index in [1.807, 2.05) is 25.2 Å². The number of carbonyl (C=O) groups excluding carboxylic acids is 1. The van der Waals surface area contributed by atoms with E-state index in [-0.39, 0.29) is 5.91 Å². The number of carbonyl (C=O) groups is 1. The lowest BCUT2D eigenvalue weighted by Gasteiger charge is -2.25. The van der Waals surface area contributed by atoms with E-state index in [0.29, 0.717) is 6.42 Å². The third-order valence-corrected chi connectivity index (χ3v) is 2.84. The van der Waals surface area contributed by atoms with Crippen LogP contribution in [0.3, 0.4) is 0 Å². The molecule has 0 aliphatic carbocycles. The molecule has 0 radical (unpaired) electrons. The lowest BCUT2D eigenvalue weighted by atomic mass is 10.0. The van der Waals surface area contributed by atoms with Crippen molar-refractivity contribution in [3.8, 4) is 0 Å². The van der Waals surface area contributed by atoms with Crippen LogP contribution < -0.4 is 4.90 Å². The van der Waals surface area contributed by atoms with E-state index in [1.165, 1.54) is 18.4 Å². The molecule has 1 aromatic rings. The van der Waals surface area contributed by atoms with Crippen molar-refractivity contribution in [3.05, 3.63) is 29.8 Å². The fourth-order valence-corrected chi connectivity index (χ4v) is 1.59. The maximum atomic E-state index is 11.3.